The predicted molar refractivity (Wildman–Crippen MR) is 46.8 cm³/mol. The van der Waals surface area contributed by atoms with E-state index in [0.29, 0.717) is 5.56 Å². The van der Waals surface area contributed by atoms with Crippen molar-refractivity contribution in [1.82, 2.24) is 4.98 Å². The standard InChI is InChI=1S/C9H7F3N2O2/c1-15-8-6(4-5-13)2-3-7(14-8)16-9(10,11)12/h2-3H,4H2,1H3. The average Bonchev–Trinajstić information content (AvgIpc) is 2.18. The highest BCUT2D eigenvalue weighted by atomic mass is 19.4. The highest BCUT2D eigenvalue weighted by Gasteiger charge is 2.32. The van der Waals surface area contributed by atoms with Crippen LogP contribution < -0.4 is 9.47 Å². The van der Waals surface area contributed by atoms with Crippen molar-refractivity contribution in [3.8, 4) is 17.8 Å². The third-order valence-electron chi connectivity index (χ3n) is 1.60. The van der Waals surface area contributed by atoms with E-state index in [1.807, 2.05) is 6.07 Å². The third-order valence-corrected chi connectivity index (χ3v) is 1.60. The number of methoxy groups -OCH3 is 1. The lowest BCUT2D eigenvalue weighted by molar-refractivity contribution is -0.276. The molecule has 86 valence electrons. The number of halogens is 3. The van der Waals surface area contributed by atoms with Crippen molar-refractivity contribution in [2.75, 3.05) is 7.11 Å². The van der Waals surface area contributed by atoms with Crippen molar-refractivity contribution in [3.63, 3.8) is 0 Å². The summed E-state index contributed by atoms with van der Waals surface area (Å²) in [7, 11) is 1.25. The monoisotopic (exact) mass is 232 g/mol. The van der Waals surface area contributed by atoms with Crippen molar-refractivity contribution in [3.05, 3.63) is 17.7 Å². The smallest absolute Gasteiger partial charge is 0.481 e. The van der Waals surface area contributed by atoms with E-state index in [4.69, 9.17) is 10.00 Å². The zero-order chi connectivity index (χ0) is 12.2. The summed E-state index contributed by atoms with van der Waals surface area (Å²) in [5.74, 6) is -0.672. The first-order valence-corrected chi connectivity index (χ1v) is 4.13. The van der Waals surface area contributed by atoms with Crippen LogP contribution in [0.5, 0.6) is 11.8 Å². The van der Waals surface area contributed by atoms with Crippen LogP contribution in [0.3, 0.4) is 0 Å². The number of hydrogen-bond acceptors (Lipinski definition) is 4. The topological polar surface area (TPSA) is 55.1 Å². The maximum absolute atomic E-state index is 11.9. The first-order chi connectivity index (χ1) is 7.46. The minimum atomic E-state index is -4.80. The molecule has 1 rings (SSSR count). The molecule has 0 fully saturated rings. The molecule has 1 aromatic heterocycles. The Morgan fingerprint density at radius 2 is 2.12 bits per heavy atom. The minimum absolute atomic E-state index is 0.00245. The molecule has 0 atom stereocenters. The fraction of sp³-hybridized carbons (Fsp3) is 0.333. The molecular formula is C9H7F3N2O2. The molecule has 0 saturated carbocycles. The average molecular weight is 232 g/mol. The number of hydrogen-bond donors (Lipinski definition) is 0. The van der Waals surface area contributed by atoms with E-state index in [1.165, 1.54) is 13.2 Å². The molecule has 16 heavy (non-hydrogen) atoms. The van der Waals surface area contributed by atoms with Crippen LogP contribution in [0.1, 0.15) is 5.56 Å². The maximum atomic E-state index is 11.9. The first-order valence-electron chi connectivity index (χ1n) is 4.13. The van der Waals surface area contributed by atoms with Gasteiger partial charge in [-0.25, -0.2) is 0 Å². The van der Waals surface area contributed by atoms with Gasteiger partial charge >= 0.3 is 6.36 Å². The maximum Gasteiger partial charge on any atom is 0.574 e. The summed E-state index contributed by atoms with van der Waals surface area (Å²) in [4.78, 5) is 3.48. The Morgan fingerprint density at radius 1 is 1.44 bits per heavy atom. The van der Waals surface area contributed by atoms with Crippen LogP contribution in [0.2, 0.25) is 0 Å². The highest BCUT2D eigenvalue weighted by molar-refractivity contribution is 5.32. The molecule has 0 saturated heterocycles. The van der Waals surface area contributed by atoms with Gasteiger partial charge in [0, 0.05) is 11.6 Å². The zero-order valence-corrected chi connectivity index (χ0v) is 8.21. The molecule has 0 aliphatic heterocycles. The van der Waals surface area contributed by atoms with Gasteiger partial charge in [-0.3, -0.25) is 0 Å². The Bertz CT molecular complexity index is 412. The molecule has 0 aliphatic carbocycles. The van der Waals surface area contributed by atoms with Gasteiger partial charge in [0.2, 0.25) is 11.8 Å². The molecule has 0 spiro atoms. The molecule has 7 heteroatoms. The van der Waals surface area contributed by atoms with E-state index in [-0.39, 0.29) is 12.3 Å². The van der Waals surface area contributed by atoms with Gasteiger partial charge in [-0.1, -0.05) is 0 Å². The van der Waals surface area contributed by atoms with Gasteiger partial charge in [-0.05, 0) is 6.07 Å². The quantitative estimate of drug-likeness (QED) is 0.800. The number of alkyl halides is 3. The second kappa shape index (κ2) is 4.70. The number of nitriles is 1. The van der Waals surface area contributed by atoms with E-state index in [9.17, 15) is 13.2 Å². The summed E-state index contributed by atoms with van der Waals surface area (Å²) in [5, 5.41) is 8.45. The lowest BCUT2D eigenvalue weighted by Crippen LogP contribution is -2.18. The van der Waals surface area contributed by atoms with E-state index in [1.54, 1.807) is 0 Å². The van der Waals surface area contributed by atoms with Crippen LogP contribution in [-0.2, 0) is 6.42 Å². The molecule has 0 radical (unpaired) electrons. The SMILES string of the molecule is COc1nc(OC(F)(F)F)ccc1CC#N. The second-order valence-corrected chi connectivity index (χ2v) is 2.70. The first kappa shape index (κ1) is 12.1. The van der Waals surface area contributed by atoms with Crippen LogP contribution in [0.4, 0.5) is 13.2 Å². The Hall–Kier alpha value is -1.97. The van der Waals surface area contributed by atoms with Crippen LogP contribution in [0, 0.1) is 11.3 Å². The molecule has 0 aromatic carbocycles. The summed E-state index contributed by atoms with van der Waals surface area (Å²) in [6, 6.07) is 4.18. The van der Waals surface area contributed by atoms with Crippen molar-refractivity contribution < 1.29 is 22.6 Å². The van der Waals surface area contributed by atoms with Gasteiger partial charge in [0.05, 0.1) is 19.6 Å². The normalized spacial score (nSPS) is 10.7. The molecule has 4 nitrogen and oxygen atoms in total. The van der Waals surface area contributed by atoms with Gasteiger partial charge in [-0.2, -0.15) is 10.2 Å². The largest absolute Gasteiger partial charge is 0.574 e. The second-order valence-electron chi connectivity index (χ2n) is 2.70. The van der Waals surface area contributed by atoms with Gasteiger partial charge in [0.25, 0.3) is 0 Å². The van der Waals surface area contributed by atoms with Crippen LogP contribution in [0.25, 0.3) is 0 Å². The number of aromatic nitrogens is 1. The molecule has 0 N–H and O–H groups in total. The van der Waals surface area contributed by atoms with Crippen LogP contribution in [0.15, 0.2) is 12.1 Å². The molecule has 0 amide bonds. The van der Waals surface area contributed by atoms with Crippen molar-refractivity contribution in [2.45, 2.75) is 12.8 Å². The van der Waals surface area contributed by atoms with E-state index in [0.717, 1.165) is 6.07 Å². The Balaban J connectivity index is 2.96. The van der Waals surface area contributed by atoms with Crippen LogP contribution in [-0.4, -0.2) is 18.5 Å². The van der Waals surface area contributed by atoms with Crippen LogP contribution >= 0.6 is 0 Å². The van der Waals surface area contributed by atoms with Crippen molar-refractivity contribution in [1.29, 1.82) is 5.26 Å². The predicted octanol–water partition coefficient (Wildman–Crippen LogP) is 2.05. The summed E-state index contributed by atoms with van der Waals surface area (Å²) in [6.07, 6.45) is -4.79. The molecule has 1 aromatic rings. The number of nitrogens with zero attached hydrogens (tertiary/aromatic N) is 2. The summed E-state index contributed by atoms with van der Waals surface area (Å²) < 4.78 is 44.0. The van der Waals surface area contributed by atoms with Gasteiger partial charge in [0.15, 0.2) is 0 Å². The fourth-order valence-corrected chi connectivity index (χ4v) is 1.02. The van der Waals surface area contributed by atoms with E-state index in [2.05, 4.69) is 9.72 Å². The zero-order valence-electron chi connectivity index (χ0n) is 8.21. The van der Waals surface area contributed by atoms with E-state index >= 15 is 0 Å². The van der Waals surface area contributed by atoms with Gasteiger partial charge in [-0.15, -0.1) is 13.2 Å². The summed E-state index contributed by atoms with van der Waals surface area (Å²) >= 11 is 0. The lowest BCUT2D eigenvalue weighted by Gasteiger charge is -2.10. The third kappa shape index (κ3) is 3.31. The van der Waals surface area contributed by atoms with Crippen molar-refractivity contribution in [2.24, 2.45) is 0 Å². The fourth-order valence-electron chi connectivity index (χ4n) is 1.02. The molecule has 0 bridgehead atoms. The Morgan fingerprint density at radius 3 is 2.62 bits per heavy atom. The molecule has 0 unspecified atom stereocenters. The summed E-state index contributed by atoms with van der Waals surface area (Å²) in [6.45, 7) is 0. The van der Waals surface area contributed by atoms with Gasteiger partial charge in [0.1, 0.15) is 0 Å². The van der Waals surface area contributed by atoms with Gasteiger partial charge < -0.3 is 9.47 Å². The Labute approximate surface area is 89.2 Å². The number of rotatable bonds is 3. The van der Waals surface area contributed by atoms with Crippen molar-refractivity contribution >= 4 is 0 Å². The number of pyridine rings is 1. The minimum Gasteiger partial charge on any atom is -0.481 e. The number of ether oxygens (including phenoxy) is 2. The molecule has 0 aliphatic rings. The van der Waals surface area contributed by atoms with E-state index < -0.39 is 12.2 Å². The molecule has 1 heterocycles. The lowest BCUT2D eigenvalue weighted by atomic mass is 10.2. The summed E-state index contributed by atoms with van der Waals surface area (Å²) in [5.41, 5.74) is 0.402. The Kier molecular flexibility index (Phi) is 3.55. The highest BCUT2D eigenvalue weighted by Crippen LogP contribution is 2.25. The molecular weight excluding hydrogens is 225 g/mol.